The van der Waals surface area contributed by atoms with Crippen LogP contribution in [0.25, 0.3) is 11.6 Å². The number of carbonyl (C=O) groups is 1. The van der Waals surface area contributed by atoms with Gasteiger partial charge in [-0.1, -0.05) is 66.2 Å². The fourth-order valence-corrected chi connectivity index (χ4v) is 3.19. The first kappa shape index (κ1) is 18.3. The van der Waals surface area contributed by atoms with Crippen LogP contribution in [0.2, 0.25) is 5.02 Å². The van der Waals surface area contributed by atoms with Crippen molar-refractivity contribution >= 4 is 46.6 Å². The monoisotopic (exact) mass is 379 g/mol. The van der Waals surface area contributed by atoms with Gasteiger partial charge in [-0.15, -0.1) is 11.8 Å². The molecule has 0 aromatic heterocycles. The van der Waals surface area contributed by atoms with Crippen molar-refractivity contribution in [3.05, 3.63) is 95.0 Å². The van der Waals surface area contributed by atoms with E-state index in [2.05, 4.69) is 5.32 Å². The molecule has 3 rings (SSSR count). The van der Waals surface area contributed by atoms with Gasteiger partial charge in [0.1, 0.15) is 0 Å². The standard InChI is InChI=1S/C22H18ClNOS/c1-26-19-12-7-11-18(15-19)24-22(25)20(16-8-3-2-4-9-16)14-17-10-5-6-13-21(17)23/h2-15H,1H3,(H,24,25)/b20-14+. The van der Waals surface area contributed by atoms with E-state index in [-0.39, 0.29) is 5.91 Å². The van der Waals surface area contributed by atoms with Crippen LogP contribution >= 0.6 is 23.4 Å². The minimum atomic E-state index is -0.172. The van der Waals surface area contributed by atoms with Crippen molar-refractivity contribution in [3.8, 4) is 0 Å². The van der Waals surface area contributed by atoms with Gasteiger partial charge in [0.05, 0.1) is 0 Å². The van der Waals surface area contributed by atoms with Gasteiger partial charge < -0.3 is 5.32 Å². The molecule has 4 heteroatoms. The molecular weight excluding hydrogens is 362 g/mol. The van der Waals surface area contributed by atoms with Crippen LogP contribution in [0, 0.1) is 0 Å². The molecule has 0 radical (unpaired) electrons. The first-order chi connectivity index (χ1) is 12.7. The summed E-state index contributed by atoms with van der Waals surface area (Å²) in [6, 6.07) is 24.9. The van der Waals surface area contributed by atoms with Crippen LogP contribution in [0.15, 0.2) is 83.8 Å². The zero-order valence-corrected chi connectivity index (χ0v) is 15.8. The van der Waals surface area contributed by atoms with Gasteiger partial charge in [0.25, 0.3) is 5.91 Å². The van der Waals surface area contributed by atoms with Gasteiger partial charge in [-0.3, -0.25) is 4.79 Å². The van der Waals surface area contributed by atoms with Gasteiger partial charge in [-0.05, 0) is 47.7 Å². The highest BCUT2D eigenvalue weighted by Crippen LogP contribution is 2.25. The Morgan fingerprint density at radius 2 is 1.69 bits per heavy atom. The third-order valence-corrected chi connectivity index (χ3v) is 4.93. The molecule has 3 aromatic rings. The number of rotatable bonds is 5. The average Bonchev–Trinajstić information content (AvgIpc) is 2.68. The van der Waals surface area contributed by atoms with E-state index in [9.17, 15) is 4.79 Å². The Kier molecular flexibility index (Phi) is 6.16. The normalized spacial score (nSPS) is 11.2. The Balaban J connectivity index is 1.98. The highest BCUT2D eigenvalue weighted by molar-refractivity contribution is 7.98. The number of anilines is 1. The summed E-state index contributed by atoms with van der Waals surface area (Å²) in [6.07, 6.45) is 3.83. The van der Waals surface area contributed by atoms with E-state index in [1.54, 1.807) is 11.8 Å². The first-order valence-electron chi connectivity index (χ1n) is 8.14. The number of amides is 1. The maximum absolute atomic E-state index is 13.0. The van der Waals surface area contributed by atoms with E-state index in [4.69, 9.17) is 11.6 Å². The molecule has 0 saturated heterocycles. The molecule has 130 valence electrons. The molecule has 0 aliphatic rings. The molecule has 0 bridgehead atoms. The van der Waals surface area contributed by atoms with E-state index in [0.29, 0.717) is 10.6 Å². The van der Waals surface area contributed by atoms with Crippen molar-refractivity contribution < 1.29 is 4.79 Å². The summed E-state index contributed by atoms with van der Waals surface area (Å²) in [5, 5.41) is 3.60. The summed E-state index contributed by atoms with van der Waals surface area (Å²) in [6.45, 7) is 0. The molecule has 0 saturated carbocycles. The molecule has 0 atom stereocenters. The lowest BCUT2D eigenvalue weighted by molar-refractivity contribution is -0.111. The summed E-state index contributed by atoms with van der Waals surface area (Å²) in [5.41, 5.74) is 2.98. The van der Waals surface area contributed by atoms with Crippen LogP contribution in [0.4, 0.5) is 5.69 Å². The second-order valence-corrected chi connectivity index (χ2v) is 6.92. The third kappa shape index (κ3) is 4.57. The number of thioether (sulfide) groups is 1. The van der Waals surface area contributed by atoms with Gasteiger partial charge in [0.15, 0.2) is 0 Å². The molecule has 0 spiro atoms. The Morgan fingerprint density at radius 3 is 2.42 bits per heavy atom. The smallest absolute Gasteiger partial charge is 0.256 e. The number of carbonyl (C=O) groups excluding carboxylic acids is 1. The van der Waals surface area contributed by atoms with Crippen molar-refractivity contribution in [2.45, 2.75) is 4.90 Å². The third-order valence-electron chi connectivity index (χ3n) is 3.86. The van der Waals surface area contributed by atoms with E-state index in [0.717, 1.165) is 21.7 Å². The van der Waals surface area contributed by atoms with Crippen molar-refractivity contribution in [1.29, 1.82) is 0 Å². The summed E-state index contributed by atoms with van der Waals surface area (Å²) >= 11 is 7.92. The lowest BCUT2D eigenvalue weighted by Crippen LogP contribution is -2.13. The number of benzene rings is 3. The Bertz CT molecular complexity index is 938. The zero-order chi connectivity index (χ0) is 18.4. The Labute approximate surface area is 162 Å². The zero-order valence-electron chi connectivity index (χ0n) is 14.3. The van der Waals surface area contributed by atoms with Crippen molar-refractivity contribution in [2.75, 3.05) is 11.6 Å². The van der Waals surface area contributed by atoms with Gasteiger partial charge in [0.2, 0.25) is 0 Å². The number of halogens is 1. The highest BCUT2D eigenvalue weighted by atomic mass is 35.5. The van der Waals surface area contributed by atoms with Gasteiger partial charge >= 0.3 is 0 Å². The lowest BCUT2D eigenvalue weighted by Gasteiger charge is -2.11. The topological polar surface area (TPSA) is 29.1 Å². The number of hydrogen-bond acceptors (Lipinski definition) is 2. The predicted octanol–water partition coefficient (Wildman–Crippen LogP) is 6.24. The molecule has 0 heterocycles. The molecule has 3 aromatic carbocycles. The minimum absolute atomic E-state index is 0.172. The van der Waals surface area contributed by atoms with E-state index in [1.807, 2.05) is 91.2 Å². The molecular formula is C22H18ClNOS. The molecule has 26 heavy (non-hydrogen) atoms. The molecule has 2 nitrogen and oxygen atoms in total. The van der Waals surface area contributed by atoms with E-state index >= 15 is 0 Å². The van der Waals surface area contributed by atoms with Gasteiger partial charge in [0, 0.05) is 21.2 Å². The van der Waals surface area contributed by atoms with E-state index < -0.39 is 0 Å². The second-order valence-electron chi connectivity index (χ2n) is 5.63. The Hall–Kier alpha value is -2.49. The Morgan fingerprint density at radius 1 is 0.962 bits per heavy atom. The minimum Gasteiger partial charge on any atom is -0.322 e. The largest absolute Gasteiger partial charge is 0.322 e. The highest BCUT2D eigenvalue weighted by Gasteiger charge is 2.13. The molecule has 1 N–H and O–H groups in total. The van der Waals surface area contributed by atoms with Crippen LogP contribution in [0.3, 0.4) is 0 Å². The fourth-order valence-electron chi connectivity index (χ4n) is 2.54. The molecule has 0 unspecified atom stereocenters. The first-order valence-corrected chi connectivity index (χ1v) is 9.74. The van der Waals surface area contributed by atoms with Crippen LogP contribution in [-0.2, 0) is 4.79 Å². The number of hydrogen-bond donors (Lipinski definition) is 1. The number of nitrogens with one attached hydrogen (secondary N) is 1. The molecule has 1 amide bonds. The van der Waals surface area contributed by atoms with Crippen molar-refractivity contribution in [2.24, 2.45) is 0 Å². The van der Waals surface area contributed by atoms with Crippen LogP contribution < -0.4 is 5.32 Å². The van der Waals surface area contributed by atoms with Crippen LogP contribution in [0.1, 0.15) is 11.1 Å². The fraction of sp³-hybridized carbons (Fsp3) is 0.0455. The molecule has 0 fully saturated rings. The predicted molar refractivity (Wildman–Crippen MR) is 113 cm³/mol. The van der Waals surface area contributed by atoms with Crippen LogP contribution in [0.5, 0.6) is 0 Å². The summed E-state index contributed by atoms with van der Waals surface area (Å²) in [4.78, 5) is 14.1. The summed E-state index contributed by atoms with van der Waals surface area (Å²) in [7, 11) is 0. The van der Waals surface area contributed by atoms with Gasteiger partial charge in [-0.25, -0.2) is 0 Å². The van der Waals surface area contributed by atoms with E-state index in [1.165, 1.54) is 0 Å². The maximum Gasteiger partial charge on any atom is 0.256 e. The van der Waals surface area contributed by atoms with Crippen molar-refractivity contribution in [3.63, 3.8) is 0 Å². The van der Waals surface area contributed by atoms with Gasteiger partial charge in [-0.2, -0.15) is 0 Å². The SMILES string of the molecule is CSc1cccc(NC(=O)/C(=C/c2ccccc2Cl)c2ccccc2)c1. The summed E-state index contributed by atoms with van der Waals surface area (Å²) in [5.74, 6) is -0.172. The van der Waals surface area contributed by atoms with Crippen molar-refractivity contribution in [1.82, 2.24) is 0 Å². The van der Waals surface area contributed by atoms with Crippen LogP contribution in [-0.4, -0.2) is 12.2 Å². The molecule has 0 aliphatic heterocycles. The average molecular weight is 380 g/mol. The molecule has 0 aliphatic carbocycles. The quantitative estimate of drug-likeness (QED) is 0.323. The summed E-state index contributed by atoms with van der Waals surface area (Å²) < 4.78 is 0. The maximum atomic E-state index is 13.0. The second kappa shape index (κ2) is 8.75. The lowest BCUT2D eigenvalue weighted by atomic mass is 10.0.